The van der Waals surface area contributed by atoms with E-state index in [0.29, 0.717) is 5.25 Å². The van der Waals surface area contributed by atoms with Crippen LogP contribution in [0.15, 0.2) is 23.1 Å². The Morgan fingerprint density at radius 3 is 2.41 bits per heavy atom. The number of fused-ring (bicyclic) bond motifs is 2. The fourth-order valence-electron chi connectivity index (χ4n) is 3.60. The summed E-state index contributed by atoms with van der Waals surface area (Å²) in [4.78, 5) is 0.0188. The fourth-order valence-corrected chi connectivity index (χ4v) is 6.33. The molecule has 0 aliphatic carbocycles. The van der Waals surface area contributed by atoms with Gasteiger partial charge in [0.15, 0.2) is 11.6 Å². The van der Waals surface area contributed by atoms with E-state index in [1.807, 2.05) is 11.8 Å². The summed E-state index contributed by atoms with van der Waals surface area (Å²) in [5, 5.41) is 0.525. The zero-order valence-corrected chi connectivity index (χ0v) is 14.3. The maximum absolute atomic E-state index is 13.9. The van der Waals surface area contributed by atoms with E-state index in [4.69, 9.17) is 4.74 Å². The predicted octanol–water partition coefficient (Wildman–Crippen LogP) is 2.88. The lowest BCUT2D eigenvalue weighted by atomic mass is 10.1. The van der Waals surface area contributed by atoms with Gasteiger partial charge in [-0.05, 0) is 50.1 Å². The molecule has 2 atom stereocenters. The van der Waals surface area contributed by atoms with Gasteiger partial charge in [-0.3, -0.25) is 0 Å². The van der Waals surface area contributed by atoms with Gasteiger partial charge in [0.1, 0.15) is 0 Å². The van der Waals surface area contributed by atoms with Crippen LogP contribution in [-0.2, 0) is 10.0 Å². The number of halogens is 1. The molecule has 1 aromatic rings. The molecule has 2 saturated heterocycles. The summed E-state index contributed by atoms with van der Waals surface area (Å²) < 4.78 is 46.2. The molecule has 3 rings (SSSR count). The fraction of sp³-hybridized carbons (Fsp3) is 0.600. The van der Waals surface area contributed by atoms with Crippen LogP contribution in [0.1, 0.15) is 25.7 Å². The quantitative estimate of drug-likeness (QED) is 0.842. The first-order valence-corrected chi connectivity index (χ1v) is 10.1. The maximum Gasteiger partial charge on any atom is 0.243 e. The van der Waals surface area contributed by atoms with Crippen molar-refractivity contribution in [3.05, 3.63) is 24.0 Å². The van der Waals surface area contributed by atoms with Crippen molar-refractivity contribution in [3.63, 3.8) is 0 Å². The zero-order valence-electron chi connectivity index (χ0n) is 12.7. The molecule has 0 radical (unpaired) electrons. The highest BCUT2D eigenvalue weighted by Crippen LogP contribution is 2.42. The molecule has 4 nitrogen and oxygen atoms in total. The van der Waals surface area contributed by atoms with Gasteiger partial charge >= 0.3 is 0 Å². The molecule has 2 aliphatic heterocycles. The molecule has 1 aromatic carbocycles. The monoisotopic (exact) mass is 345 g/mol. The van der Waals surface area contributed by atoms with Gasteiger partial charge in [-0.1, -0.05) is 0 Å². The summed E-state index contributed by atoms with van der Waals surface area (Å²) in [6, 6.07) is 3.96. The van der Waals surface area contributed by atoms with Gasteiger partial charge in [0.2, 0.25) is 10.0 Å². The molecule has 2 fully saturated rings. The summed E-state index contributed by atoms with van der Waals surface area (Å²) in [6.45, 7) is 0. The number of ether oxygens (including phenoxy) is 1. The SMILES string of the molecule is COc1ccc(S(=O)(=O)N2C3CCC2CC(SC)C3)cc1F. The van der Waals surface area contributed by atoms with Crippen LogP contribution in [-0.4, -0.2) is 43.4 Å². The minimum atomic E-state index is -3.65. The number of piperidine rings is 1. The second-order valence-corrected chi connectivity index (χ2v) is 8.83. The highest BCUT2D eigenvalue weighted by molar-refractivity contribution is 7.99. The molecule has 122 valence electrons. The lowest BCUT2D eigenvalue weighted by Gasteiger charge is -2.37. The van der Waals surface area contributed by atoms with E-state index >= 15 is 0 Å². The van der Waals surface area contributed by atoms with Crippen LogP contribution < -0.4 is 4.74 Å². The smallest absolute Gasteiger partial charge is 0.243 e. The van der Waals surface area contributed by atoms with Crippen LogP contribution in [0.3, 0.4) is 0 Å². The van der Waals surface area contributed by atoms with Gasteiger partial charge < -0.3 is 4.74 Å². The molecule has 0 spiro atoms. The molecular weight excluding hydrogens is 325 g/mol. The average molecular weight is 345 g/mol. The Balaban J connectivity index is 1.92. The molecule has 0 amide bonds. The number of hydrogen-bond acceptors (Lipinski definition) is 4. The Labute approximate surface area is 135 Å². The number of sulfonamides is 1. The van der Waals surface area contributed by atoms with E-state index in [-0.39, 0.29) is 22.7 Å². The Bertz CT molecular complexity index is 651. The van der Waals surface area contributed by atoms with Crippen molar-refractivity contribution in [3.8, 4) is 5.75 Å². The molecule has 2 aliphatic rings. The van der Waals surface area contributed by atoms with Gasteiger partial charge in [-0.2, -0.15) is 16.1 Å². The minimum Gasteiger partial charge on any atom is -0.494 e. The number of methoxy groups -OCH3 is 1. The molecule has 0 N–H and O–H groups in total. The van der Waals surface area contributed by atoms with E-state index in [1.54, 1.807) is 4.31 Å². The second kappa shape index (κ2) is 6.02. The summed E-state index contributed by atoms with van der Waals surface area (Å²) in [6.07, 6.45) is 5.65. The van der Waals surface area contributed by atoms with Crippen molar-refractivity contribution < 1.29 is 17.5 Å². The normalized spacial score (nSPS) is 28.8. The van der Waals surface area contributed by atoms with Crippen molar-refractivity contribution in [2.24, 2.45) is 0 Å². The third-order valence-corrected chi connectivity index (χ3v) is 7.71. The molecular formula is C15H20FNO3S2. The average Bonchev–Trinajstić information content (AvgIpc) is 2.79. The van der Waals surface area contributed by atoms with Gasteiger partial charge in [0, 0.05) is 17.3 Å². The van der Waals surface area contributed by atoms with Crippen LogP contribution in [0.5, 0.6) is 5.75 Å². The minimum absolute atomic E-state index is 0.0188. The largest absolute Gasteiger partial charge is 0.494 e. The van der Waals surface area contributed by atoms with Crippen molar-refractivity contribution in [1.82, 2.24) is 4.31 Å². The standard InChI is InChI=1S/C15H20FNO3S2/c1-20-15-6-5-13(9-14(15)16)22(18,19)17-10-3-4-11(17)8-12(7-10)21-2/h5-6,9-12H,3-4,7-8H2,1-2H3. The predicted molar refractivity (Wildman–Crippen MR) is 85.3 cm³/mol. The molecule has 2 bridgehead atoms. The zero-order chi connectivity index (χ0) is 15.9. The summed E-state index contributed by atoms with van der Waals surface area (Å²) >= 11 is 1.81. The Morgan fingerprint density at radius 2 is 1.91 bits per heavy atom. The third-order valence-electron chi connectivity index (χ3n) is 4.65. The summed E-state index contributed by atoms with van der Waals surface area (Å²) in [5.41, 5.74) is 0. The maximum atomic E-state index is 13.9. The van der Waals surface area contributed by atoms with E-state index in [0.717, 1.165) is 31.7 Å². The summed E-state index contributed by atoms with van der Waals surface area (Å²) in [7, 11) is -2.29. The lowest BCUT2D eigenvalue weighted by Crippen LogP contribution is -2.47. The molecule has 7 heteroatoms. The molecule has 2 heterocycles. The molecule has 2 unspecified atom stereocenters. The highest BCUT2D eigenvalue weighted by Gasteiger charge is 2.47. The number of hydrogen-bond donors (Lipinski definition) is 0. The van der Waals surface area contributed by atoms with Crippen molar-refractivity contribution in [2.45, 2.75) is 47.9 Å². The highest BCUT2D eigenvalue weighted by atomic mass is 32.2. The Hall–Kier alpha value is -0.790. The number of rotatable bonds is 4. The van der Waals surface area contributed by atoms with E-state index in [2.05, 4.69) is 6.26 Å². The number of benzene rings is 1. The van der Waals surface area contributed by atoms with E-state index < -0.39 is 15.8 Å². The first kappa shape index (κ1) is 16.1. The van der Waals surface area contributed by atoms with Crippen molar-refractivity contribution >= 4 is 21.8 Å². The number of nitrogens with zero attached hydrogens (tertiary/aromatic N) is 1. The van der Waals surface area contributed by atoms with Crippen molar-refractivity contribution in [2.75, 3.05) is 13.4 Å². The lowest BCUT2D eigenvalue weighted by molar-refractivity contribution is 0.253. The van der Waals surface area contributed by atoms with Crippen LogP contribution in [0.2, 0.25) is 0 Å². The molecule has 0 saturated carbocycles. The summed E-state index contributed by atoms with van der Waals surface area (Å²) in [5.74, 6) is -0.585. The second-order valence-electron chi connectivity index (χ2n) is 5.85. The topological polar surface area (TPSA) is 46.6 Å². The van der Waals surface area contributed by atoms with E-state index in [1.165, 1.54) is 19.2 Å². The third kappa shape index (κ3) is 2.63. The molecule has 22 heavy (non-hydrogen) atoms. The number of thioether (sulfide) groups is 1. The Morgan fingerprint density at radius 1 is 1.27 bits per heavy atom. The molecule has 0 aromatic heterocycles. The van der Waals surface area contributed by atoms with Gasteiger partial charge in [0.05, 0.1) is 12.0 Å². The first-order chi connectivity index (χ1) is 10.5. The van der Waals surface area contributed by atoms with Gasteiger partial charge in [-0.15, -0.1) is 0 Å². The first-order valence-electron chi connectivity index (χ1n) is 7.37. The Kier molecular flexibility index (Phi) is 4.40. The van der Waals surface area contributed by atoms with Crippen LogP contribution in [0.4, 0.5) is 4.39 Å². The van der Waals surface area contributed by atoms with Gasteiger partial charge in [0.25, 0.3) is 0 Å². The van der Waals surface area contributed by atoms with E-state index in [9.17, 15) is 12.8 Å². The van der Waals surface area contributed by atoms with Gasteiger partial charge in [-0.25, -0.2) is 12.8 Å². The van der Waals surface area contributed by atoms with Crippen molar-refractivity contribution in [1.29, 1.82) is 0 Å². The van der Waals surface area contributed by atoms with Crippen LogP contribution >= 0.6 is 11.8 Å². The van der Waals surface area contributed by atoms with Crippen LogP contribution in [0, 0.1) is 5.82 Å². The van der Waals surface area contributed by atoms with Crippen LogP contribution in [0.25, 0.3) is 0 Å².